The molecule has 3 N–H and O–H groups in total. The first kappa shape index (κ1) is 22.5. The van der Waals surface area contributed by atoms with Crippen LogP contribution in [0.15, 0.2) is 46.4 Å². The number of ether oxygens (including phenoxy) is 1. The number of fused-ring (bicyclic) bond motifs is 1. The number of aromatic nitrogens is 6. The molecule has 0 atom stereocenters. The molecule has 12 heteroatoms. The highest BCUT2D eigenvalue weighted by molar-refractivity contribution is 5.93. The minimum atomic E-state index is -0.295. The molecule has 0 bridgehead atoms. The number of aromatic amines is 2. The second-order valence-corrected chi connectivity index (χ2v) is 8.14. The quantitative estimate of drug-likeness (QED) is 0.371. The van der Waals surface area contributed by atoms with Crippen molar-refractivity contribution >= 4 is 28.6 Å². The third kappa shape index (κ3) is 4.55. The second kappa shape index (κ2) is 9.50. The SMILES string of the molecule is Cc1nc(N2CCOCC2)[nH]c(=O)c1CCC(=O)Nc1ccccc1-n1ncc2c(=O)[nH]cnc21. The minimum Gasteiger partial charge on any atom is -0.378 e. The van der Waals surface area contributed by atoms with Gasteiger partial charge in [0, 0.05) is 30.8 Å². The van der Waals surface area contributed by atoms with Crippen LogP contribution in [0, 0.1) is 6.92 Å². The molecule has 0 aliphatic carbocycles. The van der Waals surface area contributed by atoms with Crippen LogP contribution in [-0.2, 0) is 16.0 Å². The fourth-order valence-corrected chi connectivity index (χ4v) is 4.06. The van der Waals surface area contributed by atoms with Gasteiger partial charge in [0.1, 0.15) is 5.39 Å². The van der Waals surface area contributed by atoms with Crippen molar-refractivity contribution in [1.82, 2.24) is 29.7 Å². The molecule has 3 aromatic heterocycles. The van der Waals surface area contributed by atoms with Crippen molar-refractivity contribution in [3.05, 3.63) is 68.8 Å². The molecule has 5 rings (SSSR count). The van der Waals surface area contributed by atoms with Crippen molar-refractivity contribution in [1.29, 1.82) is 0 Å². The largest absolute Gasteiger partial charge is 0.378 e. The van der Waals surface area contributed by atoms with Gasteiger partial charge in [-0.2, -0.15) is 5.10 Å². The van der Waals surface area contributed by atoms with Crippen LogP contribution in [0.25, 0.3) is 16.7 Å². The summed E-state index contributed by atoms with van der Waals surface area (Å²) in [5, 5.41) is 7.50. The Morgan fingerprint density at radius 3 is 2.77 bits per heavy atom. The smallest absolute Gasteiger partial charge is 0.261 e. The number of hydrogen-bond acceptors (Lipinski definition) is 8. The van der Waals surface area contributed by atoms with Gasteiger partial charge in [0.15, 0.2) is 5.65 Å². The topological polar surface area (TPSA) is 151 Å². The number of H-pyrrole nitrogens is 2. The van der Waals surface area contributed by atoms with E-state index in [1.165, 1.54) is 17.2 Å². The van der Waals surface area contributed by atoms with Gasteiger partial charge >= 0.3 is 0 Å². The number of amides is 1. The number of nitrogens with one attached hydrogen (secondary N) is 3. The van der Waals surface area contributed by atoms with E-state index in [9.17, 15) is 14.4 Å². The van der Waals surface area contributed by atoms with Crippen LogP contribution in [0.4, 0.5) is 11.6 Å². The third-order valence-corrected chi connectivity index (χ3v) is 5.90. The van der Waals surface area contributed by atoms with E-state index in [1.807, 2.05) is 4.90 Å². The summed E-state index contributed by atoms with van der Waals surface area (Å²) >= 11 is 0. The van der Waals surface area contributed by atoms with Gasteiger partial charge in [-0.15, -0.1) is 0 Å². The Morgan fingerprint density at radius 1 is 1.17 bits per heavy atom. The summed E-state index contributed by atoms with van der Waals surface area (Å²) in [5.41, 5.74) is 2.00. The van der Waals surface area contributed by atoms with Crippen LogP contribution in [0.3, 0.4) is 0 Å². The van der Waals surface area contributed by atoms with Gasteiger partial charge in [-0.25, -0.2) is 14.6 Å². The van der Waals surface area contributed by atoms with Crippen molar-refractivity contribution in [2.75, 3.05) is 36.5 Å². The number of morpholine rings is 1. The van der Waals surface area contributed by atoms with Crippen molar-refractivity contribution in [2.45, 2.75) is 19.8 Å². The summed E-state index contributed by atoms with van der Waals surface area (Å²) in [5.74, 6) is 0.257. The molecule has 1 fully saturated rings. The molecule has 1 aromatic carbocycles. The van der Waals surface area contributed by atoms with Crippen LogP contribution >= 0.6 is 0 Å². The Labute approximate surface area is 199 Å². The molecular formula is C23H24N8O4. The van der Waals surface area contributed by atoms with E-state index in [0.717, 1.165) is 0 Å². The maximum atomic E-state index is 12.8. The van der Waals surface area contributed by atoms with Gasteiger partial charge in [-0.3, -0.25) is 19.4 Å². The third-order valence-electron chi connectivity index (χ3n) is 5.90. The number of benzene rings is 1. The van der Waals surface area contributed by atoms with E-state index in [-0.39, 0.29) is 29.9 Å². The standard InChI is InChI=1S/C23H24N8O4/c1-14-15(22(34)29-23(27-14)30-8-10-35-11-9-30)6-7-19(32)28-17-4-2-3-5-18(17)31-20-16(12-26-31)21(33)25-13-24-20/h2-5,12-13H,6-11H2,1H3,(H,28,32)(H,24,25,33)(H,27,29,34). The van der Waals surface area contributed by atoms with E-state index < -0.39 is 0 Å². The zero-order valence-electron chi connectivity index (χ0n) is 19.1. The van der Waals surface area contributed by atoms with E-state index in [0.29, 0.717) is 65.9 Å². The molecule has 0 spiro atoms. The average Bonchev–Trinajstić information content (AvgIpc) is 3.30. The number of anilines is 2. The summed E-state index contributed by atoms with van der Waals surface area (Å²) in [6.07, 6.45) is 3.08. The summed E-state index contributed by atoms with van der Waals surface area (Å²) in [6.45, 7) is 4.29. The normalized spacial score (nSPS) is 13.8. The molecule has 1 saturated heterocycles. The number of carbonyl (C=O) groups is 1. The summed E-state index contributed by atoms with van der Waals surface area (Å²) in [6, 6.07) is 7.10. The van der Waals surface area contributed by atoms with Gasteiger partial charge in [0.2, 0.25) is 11.9 Å². The Bertz CT molecular complexity index is 1500. The second-order valence-electron chi connectivity index (χ2n) is 8.14. The molecule has 0 unspecified atom stereocenters. The van der Waals surface area contributed by atoms with Crippen molar-refractivity contribution in [3.8, 4) is 5.69 Å². The monoisotopic (exact) mass is 476 g/mol. The highest BCUT2D eigenvalue weighted by Gasteiger charge is 2.18. The number of para-hydroxylation sites is 2. The van der Waals surface area contributed by atoms with Gasteiger partial charge in [0.25, 0.3) is 11.1 Å². The average molecular weight is 476 g/mol. The van der Waals surface area contributed by atoms with Gasteiger partial charge in [-0.05, 0) is 25.5 Å². The number of nitrogens with zero attached hydrogens (tertiary/aromatic N) is 5. The Balaban J connectivity index is 1.32. The van der Waals surface area contributed by atoms with Crippen LogP contribution in [0.5, 0.6) is 0 Å². The first-order chi connectivity index (χ1) is 17.0. The van der Waals surface area contributed by atoms with E-state index in [2.05, 4.69) is 30.4 Å². The Hall–Kier alpha value is -4.32. The zero-order valence-corrected chi connectivity index (χ0v) is 19.1. The van der Waals surface area contributed by atoms with Crippen LogP contribution in [-0.4, -0.2) is 61.9 Å². The molecule has 180 valence electrons. The van der Waals surface area contributed by atoms with Gasteiger partial charge < -0.3 is 19.9 Å². The molecule has 35 heavy (non-hydrogen) atoms. The molecule has 12 nitrogen and oxygen atoms in total. The molecular weight excluding hydrogens is 452 g/mol. The molecule has 1 aliphatic heterocycles. The van der Waals surface area contributed by atoms with Crippen molar-refractivity contribution in [3.63, 3.8) is 0 Å². The first-order valence-corrected chi connectivity index (χ1v) is 11.2. The summed E-state index contributed by atoms with van der Waals surface area (Å²) in [7, 11) is 0. The predicted molar refractivity (Wildman–Crippen MR) is 129 cm³/mol. The fraction of sp³-hybridized carbons (Fsp3) is 0.304. The minimum absolute atomic E-state index is 0.0919. The fourth-order valence-electron chi connectivity index (χ4n) is 4.06. The lowest BCUT2D eigenvalue weighted by Crippen LogP contribution is -2.38. The van der Waals surface area contributed by atoms with E-state index >= 15 is 0 Å². The lowest BCUT2D eigenvalue weighted by molar-refractivity contribution is -0.116. The molecule has 4 aromatic rings. The van der Waals surface area contributed by atoms with Crippen molar-refractivity contribution < 1.29 is 9.53 Å². The van der Waals surface area contributed by atoms with Crippen molar-refractivity contribution in [2.24, 2.45) is 0 Å². The van der Waals surface area contributed by atoms with Crippen LogP contribution in [0.2, 0.25) is 0 Å². The summed E-state index contributed by atoms with van der Waals surface area (Å²) < 4.78 is 6.85. The highest BCUT2D eigenvalue weighted by Crippen LogP contribution is 2.22. The highest BCUT2D eigenvalue weighted by atomic mass is 16.5. The van der Waals surface area contributed by atoms with Crippen LogP contribution < -0.4 is 21.3 Å². The van der Waals surface area contributed by atoms with Gasteiger partial charge in [0.05, 0.1) is 37.1 Å². The Morgan fingerprint density at radius 2 is 1.97 bits per heavy atom. The predicted octanol–water partition coefficient (Wildman–Crippen LogP) is 0.908. The molecule has 4 heterocycles. The maximum Gasteiger partial charge on any atom is 0.261 e. The zero-order chi connectivity index (χ0) is 24.4. The first-order valence-electron chi connectivity index (χ1n) is 11.2. The summed E-state index contributed by atoms with van der Waals surface area (Å²) in [4.78, 5) is 53.6. The van der Waals surface area contributed by atoms with E-state index in [1.54, 1.807) is 31.2 Å². The van der Waals surface area contributed by atoms with Crippen LogP contribution in [0.1, 0.15) is 17.7 Å². The maximum absolute atomic E-state index is 12.8. The number of aryl methyl sites for hydroxylation is 1. The molecule has 1 aliphatic rings. The lowest BCUT2D eigenvalue weighted by atomic mass is 10.1. The number of rotatable bonds is 6. The molecule has 0 radical (unpaired) electrons. The Kier molecular flexibility index (Phi) is 6.10. The van der Waals surface area contributed by atoms with E-state index in [4.69, 9.17) is 4.74 Å². The number of carbonyl (C=O) groups excluding carboxylic acids is 1. The molecule has 1 amide bonds. The molecule has 0 saturated carbocycles. The lowest BCUT2D eigenvalue weighted by Gasteiger charge is -2.27. The number of hydrogen-bond donors (Lipinski definition) is 3. The van der Waals surface area contributed by atoms with Gasteiger partial charge in [-0.1, -0.05) is 12.1 Å².